The molecule has 0 saturated heterocycles. The highest BCUT2D eigenvalue weighted by atomic mass is 16.5. The smallest absolute Gasteiger partial charge is 0.0991 e. The standard InChI is InChI=1S/C10H9NO/c1-12-6-5-9-3-2-4-10(7-9)8-11/h2-7H,1H3/b6-5-. The first-order valence-corrected chi connectivity index (χ1v) is 3.56. The maximum absolute atomic E-state index is 8.58. The van der Waals surface area contributed by atoms with E-state index in [1.807, 2.05) is 12.1 Å². The minimum absolute atomic E-state index is 0.660. The summed E-state index contributed by atoms with van der Waals surface area (Å²) in [6.07, 6.45) is 3.39. The van der Waals surface area contributed by atoms with Gasteiger partial charge in [-0.1, -0.05) is 12.1 Å². The molecule has 0 heterocycles. The van der Waals surface area contributed by atoms with E-state index in [2.05, 4.69) is 6.07 Å². The van der Waals surface area contributed by atoms with Crippen molar-refractivity contribution in [1.29, 1.82) is 5.26 Å². The van der Waals surface area contributed by atoms with E-state index in [-0.39, 0.29) is 0 Å². The number of nitrogens with zero attached hydrogens (tertiary/aromatic N) is 1. The number of benzene rings is 1. The fourth-order valence-corrected chi connectivity index (χ4v) is 0.858. The van der Waals surface area contributed by atoms with Crippen LogP contribution in [0.4, 0.5) is 0 Å². The van der Waals surface area contributed by atoms with Gasteiger partial charge in [-0.15, -0.1) is 0 Å². The van der Waals surface area contributed by atoms with Gasteiger partial charge in [0.2, 0.25) is 0 Å². The van der Waals surface area contributed by atoms with Crippen molar-refractivity contribution in [1.82, 2.24) is 0 Å². The van der Waals surface area contributed by atoms with Crippen LogP contribution in [0.1, 0.15) is 11.1 Å². The second-order valence-electron chi connectivity index (χ2n) is 2.28. The Bertz CT molecular complexity index is 323. The van der Waals surface area contributed by atoms with Gasteiger partial charge in [-0.05, 0) is 23.8 Å². The summed E-state index contributed by atoms with van der Waals surface area (Å²) < 4.78 is 4.76. The topological polar surface area (TPSA) is 33.0 Å². The first kappa shape index (κ1) is 8.35. The molecule has 0 bridgehead atoms. The molecule has 0 atom stereocenters. The first-order chi connectivity index (χ1) is 5.86. The van der Waals surface area contributed by atoms with Gasteiger partial charge in [0, 0.05) is 0 Å². The van der Waals surface area contributed by atoms with Crippen molar-refractivity contribution < 1.29 is 4.74 Å². The van der Waals surface area contributed by atoms with Crippen LogP contribution < -0.4 is 0 Å². The Balaban J connectivity index is 2.88. The Hall–Kier alpha value is -1.75. The van der Waals surface area contributed by atoms with E-state index in [9.17, 15) is 0 Å². The van der Waals surface area contributed by atoms with E-state index in [1.165, 1.54) is 0 Å². The minimum Gasteiger partial charge on any atom is -0.504 e. The molecule has 0 unspecified atom stereocenters. The van der Waals surface area contributed by atoms with Crippen LogP contribution in [0.3, 0.4) is 0 Å². The lowest BCUT2D eigenvalue weighted by atomic mass is 10.1. The Morgan fingerprint density at radius 2 is 2.33 bits per heavy atom. The Labute approximate surface area is 71.7 Å². The highest BCUT2D eigenvalue weighted by Gasteiger charge is 1.89. The molecule has 60 valence electrons. The maximum atomic E-state index is 8.58. The molecule has 2 nitrogen and oxygen atoms in total. The van der Waals surface area contributed by atoms with Crippen LogP contribution in [-0.2, 0) is 4.74 Å². The molecular formula is C10H9NO. The van der Waals surface area contributed by atoms with Crippen LogP contribution in [0, 0.1) is 11.3 Å². The molecule has 0 radical (unpaired) electrons. The van der Waals surface area contributed by atoms with Gasteiger partial charge in [0.25, 0.3) is 0 Å². The number of rotatable bonds is 2. The van der Waals surface area contributed by atoms with Crippen LogP contribution in [-0.4, -0.2) is 7.11 Å². The Morgan fingerprint density at radius 3 is 3.00 bits per heavy atom. The third kappa shape index (κ3) is 2.14. The average molecular weight is 159 g/mol. The second-order valence-corrected chi connectivity index (χ2v) is 2.28. The molecule has 1 aromatic carbocycles. The number of nitriles is 1. The normalized spacial score (nSPS) is 9.67. The van der Waals surface area contributed by atoms with Gasteiger partial charge in [0.05, 0.1) is 25.0 Å². The zero-order valence-electron chi connectivity index (χ0n) is 6.82. The lowest BCUT2D eigenvalue weighted by molar-refractivity contribution is 0.341. The zero-order valence-corrected chi connectivity index (χ0v) is 6.82. The third-order valence-electron chi connectivity index (χ3n) is 1.41. The molecular weight excluding hydrogens is 150 g/mol. The predicted octanol–water partition coefficient (Wildman–Crippen LogP) is 2.18. The first-order valence-electron chi connectivity index (χ1n) is 3.56. The van der Waals surface area contributed by atoms with Crippen LogP contribution >= 0.6 is 0 Å². The van der Waals surface area contributed by atoms with Crippen molar-refractivity contribution in [3.63, 3.8) is 0 Å². The minimum atomic E-state index is 0.660. The fourth-order valence-electron chi connectivity index (χ4n) is 0.858. The molecule has 0 amide bonds. The third-order valence-corrected chi connectivity index (χ3v) is 1.41. The SMILES string of the molecule is CO/C=C\c1cccc(C#N)c1. The molecule has 1 rings (SSSR count). The summed E-state index contributed by atoms with van der Waals surface area (Å²) in [6, 6.07) is 9.39. The zero-order chi connectivity index (χ0) is 8.81. The van der Waals surface area contributed by atoms with Gasteiger partial charge in [-0.3, -0.25) is 0 Å². The molecule has 0 aliphatic carbocycles. The summed E-state index contributed by atoms with van der Waals surface area (Å²) in [6.45, 7) is 0. The Morgan fingerprint density at radius 1 is 1.50 bits per heavy atom. The quantitative estimate of drug-likeness (QED) is 0.619. The molecule has 0 aromatic heterocycles. The van der Waals surface area contributed by atoms with Crippen molar-refractivity contribution in [2.75, 3.05) is 7.11 Å². The summed E-state index contributed by atoms with van der Waals surface area (Å²) in [7, 11) is 1.59. The summed E-state index contributed by atoms with van der Waals surface area (Å²) in [5.41, 5.74) is 1.63. The van der Waals surface area contributed by atoms with Crippen LogP contribution in [0.2, 0.25) is 0 Å². The molecule has 0 N–H and O–H groups in total. The van der Waals surface area contributed by atoms with Crippen LogP contribution in [0.25, 0.3) is 6.08 Å². The molecule has 2 heteroatoms. The lowest BCUT2D eigenvalue weighted by Gasteiger charge is -1.92. The van der Waals surface area contributed by atoms with E-state index in [1.54, 1.807) is 31.6 Å². The monoisotopic (exact) mass is 159 g/mol. The van der Waals surface area contributed by atoms with E-state index >= 15 is 0 Å². The average Bonchev–Trinajstić information content (AvgIpc) is 2.15. The molecule has 0 aliphatic rings. The van der Waals surface area contributed by atoms with Crippen molar-refractivity contribution in [2.45, 2.75) is 0 Å². The molecule has 0 saturated carbocycles. The molecule has 0 aliphatic heterocycles. The highest BCUT2D eigenvalue weighted by Crippen LogP contribution is 2.05. The van der Waals surface area contributed by atoms with Crippen molar-refractivity contribution in [3.05, 3.63) is 41.7 Å². The molecule has 12 heavy (non-hydrogen) atoms. The van der Waals surface area contributed by atoms with Gasteiger partial charge < -0.3 is 4.74 Å². The molecule has 0 spiro atoms. The van der Waals surface area contributed by atoms with E-state index in [0.29, 0.717) is 5.56 Å². The fraction of sp³-hybridized carbons (Fsp3) is 0.100. The number of ether oxygens (including phenoxy) is 1. The summed E-state index contributed by atoms with van der Waals surface area (Å²) >= 11 is 0. The number of hydrogen-bond donors (Lipinski definition) is 0. The lowest BCUT2D eigenvalue weighted by Crippen LogP contribution is -1.76. The number of hydrogen-bond acceptors (Lipinski definition) is 2. The van der Waals surface area contributed by atoms with Crippen molar-refractivity contribution in [2.24, 2.45) is 0 Å². The highest BCUT2D eigenvalue weighted by molar-refractivity contribution is 5.51. The predicted molar refractivity (Wildman–Crippen MR) is 47.2 cm³/mol. The van der Waals surface area contributed by atoms with Crippen molar-refractivity contribution >= 4 is 6.08 Å². The van der Waals surface area contributed by atoms with Gasteiger partial charge in [0.15, 0.2) is 0 Å². The van der Waals surface area contributed by atoms with Gasteiger partial charge >= 0.3 is 0 Å². The van der Waals surface area contributed by atoms with Crippen LogP contribution in [0.5, 0.6) is 0 Å². The van der Waals surface area contributed by atoms with E-state index in [4.69, 9.17) is 10.00 Å². The summed E-state index contributed by atoms with van der Waals surface area (Å²) in [5.74, 6) is 0. The maximum Gasteiger partial charge on any atom is 0.0991 e. The second kappa shape index (κ2) is 4.20. The largest absolute Gasteiger partial charge is 0.504 e. The van der Waals surface area contributed by atoms with Gasteiger partial charge in [0.1, 0.15) is 0 Å². The van der Waals surface area contributed by atoms with E-state index in [0.717, 1.165) is 5.56 Å². The molecule has 1 aromatic rings. The van der Waals surface area contributed by atoms with E-state index < -0.39 is 0 Å². The van der Waals surface area contributed by atoms with Gasteiger partial charge in [-0.2, -0.15) is 5.26 Å². The molecule has 0 fully saturated rings. The van der Waals surface area contributed by atoms with Crippen LogP contribution in [0.15, 0.2) is 30.5 Å². The summed E-state index contributed by atoms with van der Waals surface area (Å²) in [5, 5.41) is 8.58. The number of methoxy groups -OCH3 is 1. The van der Waals surface area contributed by atoms with Gasteiger partial charge in [-0.25, -0.2) is 0 Å². The Kier molecular flexibility index (Phi) is 2.92. The summed E-state index contributed by atoms with van der Waals surface area (Å²) in [4.78, 5) is 0. The van der Waals surface area contributed by atoms with Crippen molar-refractivity contribution in [3.8, 4) is 6.07 Å².